The van der Waals surface area contributed by atoms with Gasteiger partial charge in [-0.2, -0.15) is 0 Å². The number of benzene rings is 1. The summed E-state index contributed by atoms with van der Waals surface area (Å²) in [5.74, 6) is -0.177. The lowest BCUT2D eigenvalue weighted by molar-refractivity contribution is -0.142. The second-order valence-corrected chi connectivity index (χ2v) is 5.33. The molecule has 1 unspecified atom stereocenters. The van der Waals surface area contributed by atoms with E-state index in [9.17, 15) is 9.90 Å². The molecule has 104 valence electrons. The lowest BCUT2D eigenvalue weighted by atomic mass is 10.0. The van der Waals surface area contributed by atoms with Crippen LogP contribution in [0.5, 0.6) is 0 Å². The van der Waals surface area contributed by atoms with E-state index in [1.165, 1.54) is 0 Å². The molecule has 1 aliphatic rings. The van der Waals surface area contributed by atoms with Gasteiger partial charge in [-0.25, -0.2) is 0 Å². The highest BCUT2D eigenvalue weighted by Crippen LogP contribution is 2.20. The molecule has 1 N–H and O–H groups in total. The molecular formula is C15H22N2O2. The van der Waals surface area contributed by atoms with Crippen molar-refractivity contribution in [3.63, 3.8) is 0 Å². The van der Waals surface area contributed by atoms with Crippen LogP contribution >= 0.6 is 0 Å². The van der Waals surface area contributed by atoms with Gasteiger partial charge in [0.25, 0.3) is 5.91 Å². The van der Waals surface area contributed by atoms with Gasteiger partial charge in [0.2, 0.25) is 0 Å². The highest BCUT2D eigenvalue weighted by Gasteiger charge is 2.28. The van der Waals surface area contributed by atoms with Gasteiger partial charge in [0.15, 0.2) is 6.10 Å². The third-order valence-electron chi connectivity index (χ3n) is 3.86. The summed E-state index contributed by atoms with van der Waals surface area (Å²) in [5, 5.41) is 10.1. The number of hydrogen-bond acceptors (Lipinski definition) is 3. The lowest BCUT2D eigenvalue weighted by Gasteiger charge is -2.36. The number of hydrogen-bond donors (Lipinski definition) is 1. The topological polar surface area (TPSA) is 43.8 Å². The van der Waals surface area contributed by atoms with E-state index in [1.54, 1.807) is 17.0 Å². The molecule has 0 radical (unpaired) electrons. The van der Waals surface area contributed by atoms with Gasteiger partial charge in [-0.05, 0) is 32.5 Å². The summed E-state index contributed by atoms with van der Waals surface area (Å²) in [5.41, 5.74) is 0.669. The van der Waals surface area contributed by atoms with Crippen molar-refractivity contribution in [3.05, 3.63) is 35.9 Å². The smallest absolute Gasteiger partial charge is 0.256 e. The number of likely N-dealkylation sites (tertiary alicyclic amines) is 1. The van der Waals surface area contributed by atoms with Gasteiger partial charge in [-0.15, -0.1) is 0 Å². The average molecular weight is 262 g/mol. The van der Waals surface area contributed by atoms with Gasteiger partial charge >= 0.3 is 0 Å². The Morgan fingerprint density at radius 1 is 1.26 bits per heavy atom. The zero-order chi connectivity index (χ0) is 13.8. The van der Waals surface area contributed by atoms with Crippen LogP contribution in [-0.4, -0.2) is 54.0 Å². The molecule has 1 fully saturated rings. The van der Waals surface area contributed by atoms with E-state index in [0.29, 0.717) is 11.6 Å². The van der Waals surface area contributed by atoms with Crippen molar-refractivity contribution in [2.24, 2.45) is 0 Å². The first-order valence-corrected chi connectivity index (χ1v) is 6.78. The first-order chi connectivity index (χ1) is 9.09. The standard InChI is InChI=1S/C15H22N2O2/c1-16(2)13-8-10-17(11-9-13)15(19)14(18)12-6-4-3-5-7-12/h3-7,13-14,18H,8-11H2,1-2H3. The van der Waals surface area contributed by atoms with Gasteiger partial charge in [-0.3, -0.25) is 4.79 Å². The summed E-state index contributed by atoms with van der Waals surface area (Å²) >= 11 is 0. The molecule has 0 bridgehead atoms. The molecule has 1 aromatic rings. The van der Waals surface area contributed by atoms with Gasteiger partial charge in [0.05, 0.1) is 0 Å². The molecule has 0 spiro atoms. The normalized spacial score (nSPS) is 18.6. The van der Waals surface area contributed by atoms with Gasteiger partial charge in [-0.1, -0.05) is 30.3 Å². The molecule has 4 nitrogen and oxygen atoms in total. The molecule has 0 aromatic heterocycles. The summed E-state index contributed by atoms with van der Waals surface area (Å²) in [6.07, 6.45) is 0.914. The largest absolute Gasteiger partial charge is 0.378 e. The number of carbonyl (C=O) groups is 1. The van der Waals surface area contributed by atoms with E-state index in [1.807, 2.05) is 18.2 Å². The third-order valence-corrected chi connectivity index (χ3v) is 3.86. The Morgan fingerprint density at radius 2 is 1.84 bits per heavy atom. The maximum absolute atomic E-state index is 12.2. The maximum Gasteiger partial charge on any atom is 0.256 e. The average Bonchev–Trinajstić information content (AvgIpc) is 2.46. The quantitative estimate of drug-likeness (QED) is 0.892. The Kier molecular flexibility index (Phi) is 4.56. The van der Waals surface area contributed by atoms with Crippen LogP contribution in [0.15, 0.2) is 30.3 Å². The van der Waals surface area contributed by atoms with Crippen molar-refractivity contribution in [1.82, 2.24) is 9.80 Å². The monoisotopic (exact) mass is 262 g/mol. The summed E-state index contributed by atoms with van der Waals surface area (Å²) in [6.45, 7) is 1.46. The zero-order valence-electron chi connectivity index (χ0n) is 11.6. The molecule has 2 rings (SSSR count). The molecule has 19 heavy (non-hydrogen) atoms. The van der Waals surface area contributed by atoms with Crippen molar-refractivity contribution in [2.45, 2.75) is 25.0 Å². The highest BCUT2D eigenvalue weighted by atomic mass is 16.3. The fourth-order valence-electron chi connectivity index (χ4n) is 2.55. The maximum atomic E-state index is 12.2. The molecule has 1 atom stereocenters. The Hall–Kier alpha value is -1.39. The fraction of sp³-hybridized carbons (Fsp3) is 0.533. The van der Waals surface area contributed by atoms with Crippen molar-refractivity contribution in [3.8, 4) is 0 Å². The predicted molar refractivity (Wildman–Crippen MR) is 74.7 cm³/mol. The SMILES string of the molecule is CN(C)C1CCN(C(=O)C(O)c2ccccc2)CC1. The van der Waals surface area contributed by atoms with Crippen LogP contribution in [0.1, 0.15) is 24.5 Å². The number of amides is 1. The van der Waals surface area contributed by atoms with Gasteiger partial charge in [0, 0.05) is 19.1 Å². The molecule has 4 heteroatoms. The summed E-state index contributed by atoms with van der Waals surface area (Å²) in [4.78, 5) is 16.2. The molecule has 1 amide bonds. The number of rotatable bonds is 3. The van der Waals surface area contributed by atoms with Crippen LogP contribution < -0.4 is 0 Å². The Labute approximate surface area is 114 Å². The van der Waals surface area contributed by atoms with Crippen LogP contribution in [0, 0.1) is 0 Å². The second-order valence-electron chi connectivity index (χ2n) is 5.33. The number of aliphatic hydroxyl groups excluding tert-OH is 1. The van der Waals surface area contributed by atoms with Crippen molar-refractivity contribution >= 4 is 5.91 Å². The van der Waals surface area contributed by atoms with Crippen LogP contribution in [0.4, 0.5) is 0 Å². The number of nitrogens with zero attached hydrogens (tertiary/aromatic N) is 2. The third kappa shape index (κ3) is 3.33. The number of piperidine rings is 1. The second kappa shape index (κ2) is 6.17. The molecule has 1 heterocycles. The predicted octanol–water partition coefficient (Wildman–Crippen LogP) is 1.27. The zero-order valence-corrected chi connectivity index (χ0v) is 11.6. The summed E-state index contributed by atoms with van der Waals surface area (Å²) in [6, 6.07) is 9.67. The van der Waals surface area contributed by atoms with Crippen LogP contribution in [0.25, 0.3) is 0 Å². The molecule has 0 saturated carbocycles. The Bertz CT molecular complexity index is 411. The molecule has 1 saturated heterocycles. The highest BCUT2D eigenvalue weighted by molar-refractivity contribution is 5.82. The van der Waals surface area contributed by atoms with E-state index in [0.717, 1.165) is 25.9 Å². The van der Waals surface area contributed by atoms with Crippen molar-refractivity contribution in [2.75, 3.05) is 27.2 Å². The molecule has 1 aliphatic heterocycles. The molecule has 0 aliphatic carbocycles. The van der Waals surface area contributed by atoms with E-state index >= 15 is 0 Å². The van der Waals surface area contributed by atoms with E-state index in [4.69, 9.17) is 0 Å². The van der Waals surface area contributed by atoms with Crippen molar-refractivity contribution < 1.29 is 9.90 Å². The van der Waals surface area contributed by atoms with E-state index in [2.05, 4.69) is 19.0 Å². The van der Waals surface area contributed by atoms with Gasteiger partial charge in [0.1, 0.15) is 0 Å². The first kappa shape index (κ1) is 14.0. The van der Waals surface area contributed by atoms with Crippen LogP contribution in [0.3, 0.4) is 0 Å². The van der Waals surface area contributed by atoms with Gasteiger partial charge < -0.3 is 14.9 Å². The molecule has 1 aromatic carbocycles. The number of aliphatic hydroxyl groups is 1. The lowest BCUT2D eigenvalue weighted by Crippen LogP contribution is -2.46. The first-order valence-electron chi connectivity index (χ1n) is 6.78. The van der Waals surface area contributed by atoms with Crippen LogP contribution in [0.2, 0.25) is 0 Å². The summed E-state index contributed by atoms with van der Waals surface area (Å²) in [7, 11) is 4.14. The van der Waals surface area contributed by atoms with Crippen molar-refractivity contribution in [1.29, 1.82) is 0 Å². The van der Waals surface area contributed by atoms with Crippen LogP contribution in [-0.2, 0) is 4.79 Å². The number of carbonyl (C=O) groups excluding carboxylic acids is 1. The molecular weight excluding hydrogens is 240 g/mol. The summed E-state index contributed by atoms with van der Waals surface area (Å²) < 4.78 is 0. The minimum Gasteiger partial charge on any atom is -0.378 e. The van der Waals surface area contributed by atoms with E-state index in [-0.39, 0.29) is 5.91 Å². The fourth-order valence-corrected chi connectivity index (χ4v) is 2.55. The minimum atomic E-state index is -1.03. The minimum absolute atomic E-state index is 0.177. The Balaban J connectivity index is 1.94. The Morgan fingerprint density at radius 3 is 2.37 bits per heavy atom. The van der Waals surface area contributed by atoms with E-state index < -0.39 is 6.10 Å².